The minimum absolute atomic E-state index is 0.101. The molecule has 0 saturated heterocycles. The maximum Gasteiger partial charge on any atom is 0.246 e. The maximum absolute atomic E-state index is 12.8. The number of likely N-dealkylation sites (N-methyl/N-ethyl adjacent to an activating group) is 1. The molecule has 0 spiro atoms. The first-order chi connectivity index (χ1) is 12.2. The van der Waals surface area contributed by atoms with E-state index in [9.17, 15) is 4.79 Å². The Kier molecular flexibility index (Phi) is 4.01. The third kappa shape index (κ3) is 3.03. The van der Waals surface area contributed by atoms with E-state index in [0.29, 0.717) is 19.4 Å². The Hall–Kier alpha value is -3.02. The van der Waals surface area contributed by atoms with Crippen LogP contribution in [-0.4, -0.2) is 37.6 Å². The van der Waals surface area contributed by atoms with E-state index in [1.54, 1.807) is 11.1 Å². The van der Waals surface area contributed by atoms with Gasteiger partial charge in [0.15, 0.2) is 5.82 Å². The Morgan fingerprint density at radius 1 is 1.08 bits per heavy atom. The van der Waals surface area contributed by atoms with Crippen LogP contribution >= 0.6 is 0 Å². The second kappa shape index (κ2) is 6.47. The summed E-state index contributed by atoms with van der Waals surface area (Å²) in [6.07, 6.45) is 4.82. The molecular formula is C19H19N5O. The number of carbonyl (C=O) groups excluding carboxylic acids is 1. The summed E-state index contributed by atoms with van der Waals surface area (Å²) >= 11 is 0. The smallest absolute Gasteiger partial charge is 0.246 e. The molecule has 6 heteroatoms. The second-order valence-corrected chi connectivity index (χ2v) is 6.34. The largest absolute Gasteiger partial charge is 0.336 e. The van der Waals surface area contributed by atoms with Gasteiger partial charge in [-0.05, 0) is 17.2 Å². The van der Waals surface area contributed by atoms with Crippen molar-refractivity contribution in [3.8, 4) is 0 Å². The first-order valence-corrected chi connectivity index (χ1v) is 8.33. The molecule has 2 aromatic heterocycles. The van der Waals surface area contributed by atoms with E-state index in [1.807, 2.05) is 60.3 Å². The zero-order chi connectivity index (χ0) is 17.2. The molecule has 1 amide bonds. The van der Waals surface area contributed by atoms with Crippen LogP contribution in [0.25, 0.3) is 0 Å². The van der Waals surface area contributed by atoms with Gasteiger partial charge >= 0.3 is 0 Å². The first-order valence-electron chi connectivity index (χ1n) is 8.33. The topological polar surface area (TPSA) is 63.9 Å². The molecule has 3 heterocycles. The van der Waals surface area contributed by atoms with E-state index >= 15 is 0 Å². The Balaban J connectivity index is 1.71. The molecule has 0 fully saturated rings. The summed E-state index contributed by atoms with van der Waals surface area (Å²) in [7, 11) is 1.82. The molecule has 3 aromatic rings. The molecule has 1 aromatic carbocycles. The number of nitrogens with zero attached hydrogens (tertiary/aromatic N) is 5. The minimum Gasteiger partial charge on any atom is -0.336 e. The number of aromatic nitrogens is 4. The number of carbonyl (C=O) groups is 1. The highest BCUT2D eigenvalue weighted by Gasteiger charge is 2.34. The van der Waals surface area contributed by atoms with Crippen molar-refractivity contribution in [1.29, 1.82) is 0 Å². The van der Waals surface area contributed by atoms with Crippen molar-refractivity contribution in [1.82, 2.24) is 24.6 Å². The fourth-order valence-electron chi connectivity index (χ4n) is 3.30. The molecule has 0 unspecified atom stereocenters. The molecule has 25 heavy (non-hydrogen) atoms. The van der Waals surface area contributed by atoms with Crippen LogP contribution in [0.5, 0.6) is 0 Å². The van der Waals surface area contributed by atoms with E-state index in [2.05, 4.69) is 15.2 Å². The second-order valence-electron chi connectivity index (χ2n) is 6.34. The number of pyridine rings is 1. The molecule has 1 aliphatic rings. The number of amides is 1. The van der Waals surface area contributed by atoms with Crippen LogP contribution in [0.15, 0.2) is 54.9 Å². The lowest BCUT2D eigenvalue weighted by Crippen LogP contribution is -2.41. The Morgan fingerprint density at radius 2 is 1.88 bits per heavy atom. The van der Waals surface area contributed by atoms with Crippen LogP contribution in [0, 0.1) is 0 Å². The lowest BCUT2D eigenvalue weighted by molar-refractivity contribution is -0.136. The summed E-state index contributed by atoms with van der Waals surface area (Å²) in [6.45, 7) is 0.490. The SMILES string of the molecule is CN1Cc2nnc(Cc3cccnc3)n2[C@H](Cc2ccccc2)C1=O. The van der Waals surface area contributed by atoms with Gasteiger partial charge in [-0.2, -0.15) is 0 Å². The van der Waals surface area contributed by atoms with Gasteiger partial charge in [0.1, 0.15) is 11.9 Å². The van der Waals surface area contributed by atoms with Gasteiger partial charge in [0.2, 0.25) is 5.91 Å². The van der Waals surface area contributed by atoms with Gasteiger partial charge in [-0.15, -0.1) is 10.2 Å². The van der Waals surface area contributed by atoms with Gasteiger partial charge in [0, 0.05) is 32.3 Å². The Labute approximate surface area is 146 Å². The molecule has 4 rings (SSSR count). The van der Waals surface area contributed by atoms with Gasteiger partial charge in [-0.25, -0.2) is 0 Å². The zero-order valence-corrected chi connectivity index (χ0v) is 14.0. The molecule has 0 N–H and O–H groups in total. The summed E-state index contributed by atoms with van der Waals surface area (Å²) < 4.78 is 2.02. The van der Waals surface area contributed by atoms with Crippen LogP contribution in [-0.2, 0) is 24.2 Å². The van der Waals surface area contributed by atoms with Gasteiger partial charge in [-0.3, -0.25) is 9.78 Å². The average molecular weight is 333 g/mol. The average Bonchev–Trinajstić information content (AvgIpc) is 3.03. The standard InChI is InChI=1S/C19H19N5O/c1-23-13-18-22-21-17(11-15-8-5-9-20-12-15)24(18)16(19(23)25)10-14-6-3-2-4-7-14/h2-9,12,16H,10-11,13H2,1H3/t16-/m1/s1. The Morgan fingerprint density at radius 3 is 2.64 bits per heavy atom. The van der Waals surface area contributed by atoms with Crippen molar-refractivity contribution < 1.29 is 4.79 Å². The van der Waals surface area contributed by atoms with Gasteiger partial charge in [0.25, 0.3) is 0 Å². The number of hydrogen-bond acceptors (Lipinski definition) is 4. The molecule has 126 valence electrons. The molecule has 6 nitrogen and oxygen atoms in total. The van der Waals surface area contributed by atoms with E-state index in [4.69, 9.17) is 0 Å². The van der Waals surface area contributed by atoms with E-state index in [-0.39, 0.29) is 11.9 Å². The summed E-state index contributed by atoms with van der Waals surface area (Å²) in [5.74, 6) is 1.75. The van der Waals surface area contributed by atoms with E-state index < -0.39 is 0 Å². The number of rotatable bonds is 4. The van der Waals surface area contributed by atoms with E-state index in [1.165, 1.54) is 0 Å². The number of fused-ring (bicyclic) bond motifs is 1. The normalized spacial score (nSPS) is 16.8. The fraction of sp³-hybridized carbons (Fsp3) is 0.263. The van der Waals surface area contributed by atoms with Gasteiger partial charge < -0.3 is 9.47 Å². The summed E-state index contributed by atoms with van der Waals surface area (Å²) in [5.41, 5.74) is 2.19. The molecule has 0 bridgehead atoms. The quantitative estimate of drug-likeness (QED) is 0.733. The molecule has 0 radical (unpaired) electrons. The predicted octanol–water partition coefficient (Wildman–Crippen LogP) is 2.02. The van der Waals surface area contributed by atoms with Crippen molar-refractivity contribution in [2.75, 3.05) is 7.05 Å². The molecule has 0 saturated carbocycles. The van der Waals surface area contributed by atoms with Crippen molar-refractivity contribution in [2.45, 2.75) is 25.4 Å². The zero-order valence-electron chi connectivity index (χ0n) is 14.0. The summed E-state index contributed by atoms with van der Waals surface area (Å²) in [4.78, 5) is 18.7. The van der Waals surface area contributed by atoms with Crippen LogP contribution in [0.4, 0.5) is 0 Å². The van der Waals surface area contributed by atoms with Crippen LogP contribution in [0.2, 0.25) is 0 Å². The van der Waals surface area contributed by atoms with Gasteiger partial charge in [0.05, 0.1) is 6.54 Å². The van der Waals surface area contributed by atoms with Crippen LogP contribution in [0.3, 0.4) is 0 Å². The van der Waals surface area contributed by atoms with Crippen LogP contribution in [0.1, 0.15) is 28.8 Å². The van der Waals surface area contributed by atoms with Crippen molar-refractivity contribution >= 4 is 5.91 Å². The highest BCUT2D eigenvalue weighted by atomic mass is 16.2. The monoisotopic (exact) mass is 333 g/mol. The number of benzene rings is 1. The molecule has 1 atom stereocenters. The highest BCUT2D eigenvalue weighted by Crippen LogP contribution is 2.26. The Bertz CT molecular complexity index is 875. The minimum atomic E-state index is -0.308. The van der Waals surface area contributed by atoms with Crippen LogP contribution < -0.4 is 0 Å². The number of hydrogen-bond donors (Lipinski definition) is 0. The predicted molar refractivity (Wildman–Crippen MR) is 92.7 cm³/mol. The van der Waals surface area contributed by atoms with Crippen molar-refractivity contribution in [3.05, 3.63) is 77.6 Å². The third-order valence-electron chi connectivity index (χ3n) is 4.55. The van der Waals surface area contributed by atoms with Gasteiger partial charge in [-0.1, -0.05) is 36.4 Å². The highest BCUT2D eigenvalue weighted by molar-refractivity contribution is 5.81. The van der Waals surface area contributed by atoms with E-state index in [0.717, 1.165) is 22.8 Å². The molecule has 1 aliphatic heterocycles. The summed E-state index contributed by atoms with van der Waals surface area (Å²) in [5, 5.41) is 8.69. The molecular weight excluding hydrogens is 314 g/mol. The maximum atomic E-state index is 12.8. The van der Waals surface area contributed by atoms with Crippen molar-refractivity contribution in [3.63, 3.8) is 0 Å². The molecule has 0 aliphatic carbocycles. The lowest BCUT2D eigenvalue weighted by atomic mass is 10.0. The first kappa shape index (κ1) is 15.5. The third-order valence-corrected chi connectivity index (χ3v) is 4.55. The summed E-state index contributed by atoms with van der Waals surface area (Å²) in [6, 6.07) is 13.7. The van der Waals surface area contributed by atoms with Crippen molar-refractivity contribution in [2.24, 2.45) is 0 Å². The lowest BCUT2D eigenvalue weighted by Gasteiger charge is -2.31. The fourth-order valence-corrected chi connectivity index (χ4v) is 3.30.